The van der Waals surface area contributed by atoms with Gasteiger partial charge >= 0.3 is 5.97 Å². The first-order valence-corrected chi connectivity index (χ1v) is 7.94. The number of hydrogen-bond donors (Lipinski definition) is 0. The van der Waals surface area contributed by atoms with E-state index in [1.807, 2.05) is 0 Å². The highest BCUT2D eigenvalue weighted by Gasteiger charge is 2.27. The number of rotatable bonds is 2. The molecular weight excluding hydrogens is 463 g/mol. The van der Waals surface area contributed by atoms with Gasteiger partial charge in [0, 0.05) is 6.08 Å². The maximum absolute atomic E-state index is 13.3. The van der Waals surface area contributed by atoms with Crippen LogP contribution in [0.4, 0.5) is 8.78 Å². The molecule has 3 rings (SSSR count). The van der Waals surface area contributed by atoms with Crippen LogP contribution in [0.3, 0.4) is 0 Å². The average molecular weight is 467 g/mol. The molecule has 23 heavy (non-hydrogen) atoms. The van der Waals surface area contributed by atoms with E-state index in [9.17, 15) is 13.6 Å². The number of halogens is 5. The fourth-order valence-electron chi connectivity index (χ4n) is 1.78. The van der Waals surface area contributed by atoms with Gasteiger partial charge in [0.2, 0.25) is 5.90 Å². The van der Waals surface area contributed by atoms with Crippen molar-refractivity contribution < 1.29 is 22.7 Å². The molecule has 0 saturated carbocycles. The van der Waals surface area contributed by atoms with Crippen LogP contribution in [-0.2, 0) is 9.53 Å². The number of ether oxygens (including phenoxy) is 1. The molecule has 1 aliphatic rings. The minimum absolute atomic E-state index is 0.0240. The van der Waals surface area contributed by atoms with Crippen LogP contribution >= 0.6 is 43.5 Å². The molecule has 0 unspecified atom stereocenters. The molecule has 118 valence electrons. The Labute approximate surface area is 150 Å². The third-order valence-electron chi connectivity index (χ3n) is 2.80. The van der Waals surface area contributed by atoms with E-state index in [1.165, 1.54) is 6.08 Å². The quantitative estimate of drug-likeness (QED) is 0.352. The number of aliphatic imine (C=N–C) groups is 1. The molecule has 4 nitrogen and oxygen atoms in total. The molecule has 9 heteroatoms. The van der Waals surface area contributed by atoms with Crippen LogP contribution in [0.25, 0.3) is 6.08 Å². The van der Waals surface area contributed by atoms with E-state index in [4.69, 9.17) is 20.8 Å². The van der Waals surface area contributed by atoms with Crippen molar-refractivity contribution in [2.75, 3.05) is 0 Å². The Morgan fingerprint density at radius 3 is 2.52 bits per heavy atom. The summed E-state index contributed by atoms with van der Waals surface area (Å²) in [6.07, 6.45) is 1.35. The Morgan fingerprint density at radius 1 is 1.17 bits per heavy atom. The van der Waals surface area contributed by atoms with Crippen molar-refractivity contribution in [3.63, 3.8) is 0 Å². The first kappa shape index (κ1) is 16.4. The minimum Gasteiger partial charge on any atom is -0.449 e. The second-order valence-corrected chi connectivity index (χ2v) is 6.33. The van der Waals surface area contributed by atoms with Crippen molar-refractivity contribution in [1.29, 1.82) is 0 Å². The van der Waals surface area contributed by atoms with E-state index in [-0.39, 0.29) is 22.2 Å². The molecule has 2 heterocycles. The van der Waals surface area contributed by atoms with Crippen molar-refractivity contribution >= 4 is 61.4 Å². The van der Waals surface area contributed by atoms with E-state index < -0.39 is 17.6 Å². The van der Waals surface area contributed by atoms with Crippen LogP contribution in [-0.4, -0.2) is 11.9 Å². The summed E-state index contributed by atoms with van der Waals surface area (Å²) < 4.78 is 37.8. The van der Waals surface area contributed by atoms with Gasteiger partial charge in [0.05, 0.1) is 15.1 Å². The lowest BCUT2D eigenvalue weighted by molar-refractivity contribution is -0.129. The van der Waals surface area contributed by atoms with Gasteiger partial charge in [-0.05, 0) is 50.1 Å². The van der Waals surface area contributed by atoms with Gasteiger partial charge in [-0.1, -0.05) is 11.6 Å². The Hall–Kier alpha value is -1.51. The molecule has 1 aromatic carbocycles. The lowest BCUT2D eigenvalue weighted by atomic mass is 10.2. The van der Waals surface area contributed by atoms with Gasteiger partial charge in [-0.3, -0.25) is 0 Å². The highest BCUT2D eigenvalue weighted by Crippen LogP contribution is 2.30. The molecule has 0 bridgehead atoms. The van der Waals surface area contributed by atoms with Gasteiger partial charge in [0.15, 0.2) is 22.0 Å². The van der Waals surface area contributed by atoms with Gasteiger partial charge in [0.1, 0.15) is 5.76 Å². The molecule has 0 radical (unpaired) electrons. The van der Waals surface area contributed by atoms with Gasteiger partial charge in [-0.25, -0.2) is 18.6 Å². The number of hydrogen-bond acceptors (Lipinski definition) is 4. The number of esters is 1. The average Bonchev–Trinajstić information content (AvgIpc) is 2.98. The van der Waals surface area contributed by atoms with Gasteiger partial charge < -0.3 is 9.15 Å². The summed E-state index contributed by atoms with van der Waals surface area (Å²) in [6, 6.07) is 3.21. The summed E-state index contributed by atoms with van der Waals surface area (Å²) in [5.74, 6) is -2.86. The van der Waals surface area contributed by atoms with Crippen LogP contribution in [0.15, 0.2) is 42.4 Å². The van der Waals surface area contributed by atoms with Crippen LogP contribution < -0.4 is 0 Å². The zero-order valence-electron chi connectivity index (χ0n) is 10.9. The molecule has 0 spiro atoms. The van der Waals surface area contributed by atoms with Crippen molar-refractivity contribution in [3.05, 3.63) is 61.0 Å². The Balaban J connectivity index is 2.00. The van der Waals surface area contributed by atoms with Crippen molar-refractivity contribution in [2.24, 2.45) is 4.99 Å². The van der Waals surface area contributed by atoms with Gasteiger partial charge in [0.25, 0.3) is 0 Å². The first-order chi connectivity index (χ1) is 10.8. The Morgan fingerprint density at radius 2 is 1.87 bits per heavy atom. The van der Waals surface area contributed by atoms with Crippen LogP contribution in [0.5, 0.6) is 0 Å². The fourth-order valence-corrected chi connectivity index (χ4v) is 2.62. The number of cyclic esters (lactones) is 1. The predicted octanol–water partition coefficient (Wildman–Crippen LogP) is 5.08. The largest absolute Gasteiger partial charge is 0.449 e. The Kier molecular flexibility index (Phi) is 4.39. The summed E-state index contributed by atoms with van der Waals surface area (Å²) in [7, 11) is 0. The summed E-state index contributed by atoms with van der Waals surface area (Å²) in [5, 5.41) is -0.125. The maximum Gasteiger partial charge on any atom is 0.363 e. The number of carbonyl (C=O) groups excluding carboxylic acids is 1. The SMILES string of the molecule is O=C1OC(c2cc(F)c(F)cc2Cl)=N/C1=C\c1cc(Br)c(Br)o1. The van der Waals surface area contributed by atoms with E-state index in [2.05, 4.69) is 36.9 Å². The van der Waals surface area contributed by atoms with Crippen molar-refractivity contribution in [2.45, 2.75) is 0 Å². The molecule has 0 aliphatic carbocycles. The van der Waals surface area contributed by atoms with E-state index in [0.717, 1.165) is 12.1 Å². The second kappa shape index (κ2) is 6.18. The fraction of sp³-hybridized carbons (Fsp3) is 0. The highest BCUT2D eigenvalue weighted by atomic mass is 79.9. The number of benzene rings is 1. The smallest absolute Gasteiger partial charge is 0.363 e. The number of furan rings is 1. The summed E-state index contributed by atoms with van der Waals surface area (Å²) >= 11 is 12.2. The van der Waals surface area contributed by atoms with Crippen molar-refractivity contribution in [3.8, 4) is 0 Å². The predicted molar refractivity (Wildman–Crippen MR) is 86.1 cm³/mol. The van der Waals surface area contributed by atoms with E-state index in [0.29, 0.717) is 14.9 Å². The van der Waals surface area contributed by atoms with Crippen molar-refractivity contribution in [1.82, 2.24) is 0 Å². The van der Waals surface area contributed by atoms with Crippen LogP contribution in [0.2, 0.25) is 5.02 Å². The molecule has 0 atom stereocenters. The molecular formula is C14H4Br2ClF2NO3. The summed E-state index contributed by atoms with van der Waals surface area (Å²) in [6.45, 7) is 0. The molecule has 0 amide bonds. The van der Waals surface area contributed by atoms with E-state index in [1.54, 1.807) is 6.07 Å². The summed E-state index contributed by atoms with van der Waals surface area (Å²) in [4.78, 5) is 15.8. The minimum atomic E-state index is -1.13. The third kappa shape index (κ3) is 3.24. The molecule has 1 aliphatic heterocycles. The van der Waals surface area contributed by atoms with Gasteiger partial charge in [-0.2, -0.15) is 0 Å². The number of nitrogens with zero attached hydrogens (tertiary/aromatic N) is 1. The standard InChI is InChI=1S/C14H4Br2ClF2NO3/c15-7-1-5(22-12(7)16)2-11-14(21)23-13(20-11)6-3-9(18)10(19)4-8(6)17/h1-4H/b11-2-. The normalized spacial score (nSPS) is 16.0. The Bertz CT molecular complexity index is 873. The molecule has 0 saturated heterocycles. The third-order valence-corrected chi connectivity index (χ3v) is 4.83. The monoisotopic (exact) mass is 465 g/mol. The topological polar surface area (TPSA) is 51.8 Å². The highest BCUT2D eigenvalue weighted by molar-refractivity contribution is 9.13. The first-order valence-electron chi connectivity index (χ1n) is 5.97. The summed E-state index contributed by atoms with van der Waals surface area (Å²) in [5.41, 5.74) is -0.0846. The molecule has 0 N–H and O–H groups in total. The van der Waals surface area contributed by atoms with Crippen LogP contribution in [0, 0.1) is 11.6 Å². The van der Waals surface area contributed by atoms with Crippen LogP contribution in [0.1, 0.15) is 11.3 Å². The van der Waals surface area contributed by atoms with Gasteiger partial charge in [-0.15, -0.1) is 0 Å². The molecule has 0 fully saturated rings. The number of carbonyl (C=O) groups is 1. The maximum atomic E-state index is 13.3. The zero-order chi connectivity index (χ0) is 16.7. The lowest BCUT2D eigenvalue weighted by Crippen LogP contribution is -2.07. The molecule has 2 aromatic rings. The lowest BCUT2D eigenvalue weighted by Gasteiger charge is -2.03. The zero-order valence-corrected chi connectivity index (χ0v) is 14.8. The van der Waals surface area contributed by atoms with E-state index >= 15 is 0 Å². The molecule has 1 aromatic heterocycles. The second-order valence-electron chi connectivity index (χ2n) is 4.35.